The van der Waals surface area contributed by atoms with Crippen LogP contribution in [0.25, 0.3) is 5.57 Å². The lowest BCUT2D eigenvalue weighted by atomic mass is 9.94. The zero-order valence-electron chi connectivity index (χ0n) is 14.2. The van der Waals surface area contributed by atoms with Crippen LogP contribution in [0.2, 0.25) is 0 Å². The molecule has 0 saturated heterocycles. The summed E-state index contributed by atoms with van der Waals surface area (Å²) < 4.78 is 1.60. The van der Waals surface area contributed by atoms with Crippen molar-refractivity contribution in [2.45, 2.75) is 52.0 Å². The zero-order chi connectivity index (χ0) is 16.7. The third kappa shape index (κ3) is 4.21. The topological polar surface area (TPSA) is 38.1 Å². The van der Waals surface area contributed by atoms with E-state index in [4.69, 9.17) is 0 Å². The number of imidazole rings is 1. The van der Waals surface area contributed by atoms with E-state index >= 15 is 0 Å². The van der Waals surface area contributed by atoms with Crippen molar-refractivity contribution in [3.05, 3.63) is 49.1 Å². The molecule has 23 heavy (non-hydrogen) atoms. The van der Waals surface area contributed by atoms with Gasteiger partial charge in [-0.15, -0.1) is 0 Å². The van der Waals surface area contributed by atoms with Crippen LogP contribution in [0.5, 0.6) is 0 Å². The fourth-order valence-electron chi connectivity index (χ4n) is 3.13. The third-order valence-electron chi connectivity index (χ3n) is 4.39. The lowest BCUT2D eigenvalue weighted by Gasteiger charge is -2.33. The summed E-state index contributed by atoms with van der Waals surface area (Å²) in [7, 11) is 0. The van der Waals surface area contributed by atoms with Gasteiger partial charge in [0.25, 0.3) is 0 Å². The Morgan fingerprint density at radius 1 is 1.43 bits per heavy atom. The Labute approximate surface area is 139 Å². The van der Waals surface area contributed by atoms with E-state index in [0.29, 0.717) is 6.04 Å². The van der Waals surface area contributed by atoms with E-state index in [0.717, 1.165) is 30.7 Å². The molecule has 1 aromatic rings. The van der Waals surface area contributed by atoms with Crippen molar-refractivity contribution >= 4 is 11.6 Å². The van der Waals surface area contributed by atoms with Crippen molar-refractivity contribution in [2.24, 2.45) is 0 Å². The maximum absolute atomic E-state index is 12.8. The van der Waals surface area contributed by atoms with Crippen LogP contribution in [-0.2, 0) is 0 Å². The van der Waals surface area contributed by atoms with E-state index in [9.17, 15) is 4.79 Å². The average Bonchev–Trinajstić information content (AvgIpc) is 3.07. The second kappa shape index (κ2) is 8.51. The molecule has 2 rings (SSSR count). The van der Waals surface area contributed by atoms with Gasteiger partial charge in [-0.1, -0.05) is 50.1 Å². The summed E-state index contributed by atoms with van der Waals surface area (Å²) in [5.41, 5.74) is 1.68. The molecular weight excluding hydrogens is 286 g/mol. The van der Waals surface area contributed by atoms with Crippen LogP contribution in [0, 0.1) is 0 Å². The van der Waals surface area contributed by atoms with Crippen molar-refractivity contribution in [1.82, 2.24) is 14.5 Å². The smallest absolute Gasteiger partial charge is 0.321 e. The van der Waals surface area contributed by atoms with Gasteiger partial charge in [0.2, 0.25) is 0 Å². The maximum atomic E-state index is 12.8. The molecule has 0 atom stereocenters. The molecule has 0 N–H and O–H groups in total. The highest BCUT2D eigenvalue weighted by Gasteiger charge is 2.25. The molecule has 0 aromatic carbocycles. The van der Waals surface area contributed by atoms with Gasteiger partial charge < -0.3 is 4.90 Å². The number of hydrogen-bond acceptors (Lipinski definition) is 2. The standard InChI is InChI=1S/C19H27N3O/c1-4-7-11-16(5-2)18-14-21(15-20-18)19(23)22(6-3)17-12-9-8-10-13-17/h4-5,7,11,14-15,17H,2,6,8-10,12-13H2,1,3H3/b7-4-,16-11+. The Hall–Kier alpha value is -2.10. The maximum Gasteiger partial charge on any atom is 0.329 e. The number of amides is 1. The molecule has 1 aliphatic carbocycles. The number of carbonyl (C=O) groups is 1. The molecule has 0 spiro atoms. The largest absolute Gasteiger partial charge is 0.329 e. The SMILES string of the molecule is C=C/C(=C\C=C/C)c1cn(C(=O)N(CC)C2CCCCC2)cn1. The lowest BCUT2D eigenvalue weighted by molar-refractivity contribution is 0.161. The van der Waals surface area contributed by atoms with E-state index in [1.54, 1.807) is 23.2 Å². The van der Waals surface area contributed by atoms with Gasteiger partial charge in [-0.3, -0.25) is 4.57 Å². The highest BCUT2D eigenvalue weighted by Crippen LogP contribution is 2.23. The fourth-order valence-corrected chi connectivity index (χ4v) is 3.13. The molecule has 1 saturated carbocycles. The van der Waals surface area contributed by atoms with Crippen LogP contribution >= 0.6 is 0 Å². The second-order valence-electron chi connectivity index (χ2n) is 5.88. The van der Waals surface area contributed by atoms with Gasteiger partial charge in [0, 0.05) is 24.4 Å². The summed E-state index contributed by atoms with van der Waals surface area (Å²) in [6.07, 6.45) is 17.0. The highest BCUT2D eigenvalue weighted by molar-refractivity contribution is 5.79. The highest BCUT2D eigenvalue weighted by atomic mass is 16.2. The van der Waals surface area contributed by atoms with Crippen LogP contribution < -0.4 is 0 Å². The first kappa shape index (κ1) is 17.3. The summed E-state index contributed by atoms with van der Waals surface area (Å²) in [5.74, 6) is 0. The molecule has 0 unspecified atom stereocenters. The average molecular weight is 313 g/mol. The number of aromatic nitrogens is 2. The normalized spacial score (nSPS) is 16.7. The number of hydrogen-bond donors (Lipinski definition) is 0. The van der Waals surface area contributed by atoms with Gasteiger partial charge in [0.1, 0.15) is 6.33 Å². The summed E-state index contributed by atoms with van der Waals surface area (Å²) in [6.45, 7) is 8.57. The van der Waals surface area contributed by atoms with Crippen LogP contribution in [0.3, 0.4) is 0 Å². The Morgan fingerprint density at radius 3 is 2.78 bits per heavy atom. The summed E-state index contributed by atoms with van der Waals surface area (Å²) in [4.78, 5) is 19.1. The molecule has 1 aliphatic rings. The first-order valence-electron chi connectivity index (χ1n) is 8.52. The molecule has 0 aliphatic heterocycles. The summed E-state index contributed by atoms with van der Waals surface area (Å²) in [6, 6.07) is 0.386. The fraction of sp³-hybridized carbons (Fsp3) is 0.474. The lowest BCUT2D eigenvalue weighted by Crippen LogP contribution is -2.43. The molecule has 1 heterocycles. The van der Waals surface area contributed by atoms with Crippen molar-refractivity contribution in [2.75, 3.05) is 6.54 Å². The Morgan fingerprint density at radius 2 is 2.17 bits per heavy atom. The van der Waals surface area contributed by atoms with Gasteiger partial charge in [0.05, 0.1) is 5.69 Å². The molecule has 0 bridgehead atoms. The number of allylic oxidation sites excluding steroid dienone is 5. The van der Waals surface area contributed by atoms with E-state index in [1.165, 1.54) is 19.3 Å². The van der Waals surface area contributed by atoms with E-state index in [-0.39, 0.29) is 6.03 Å². The number of carbonyl (C=O) groups excluding carboxylic acids is 1. The molecule has 124 valence electrons. The van der Waals surface area contributed by atoms with Crippen molar-refractivity contribution in [3.63, 3.8) is 0 Å². The van der Waals surface area contributed by atoms with Gasteiger partial charge in [-0.05, 0) is 26.7 Å². The summed E-state index contributed by atoms with van der Waals surface area (Å²) >= 11 is 0. The van der Waals surface area contributed by atoms with Crippen molar-refractivity contribution < 1.29 is 4.79 Å². The first-order chi connectivity index (χ1) is 11.2. The van der Waals surface area contributed by atoms with Crippen LogP contribution in [0.4, 0.5) is 4.79 Å². The Balaban J connectivity index is 2.17. The molecule has 0 radical (unpaired) electrons. The first-order valence-corrected chi connectivity index (χ1v) is 8.52. The van der Waals surface area contributed by atoms with Crippen LogP contribution in [0.15, 0.2) is 43.4 Å². The van der Waals surface area contributed by atoms with Crippen LogP contribution in [0.1, 0.15) is 51.6 Å². The van der Waals surface area contributed by atoms with E-state index in [2.05, 4.69) is 11.6 Å². The predicted molar refractivity (Wildman–Crippen MR) is 95.3 cm³/mol. The van der Waals surface area contributed by atoms with E-state index in [1.807, 2.05) is 37.0 Å². The van der Waals surface area contributed by atoms with Gasteiger partial charge in [-0.25, -0.2) is 9.78 Å². The minimum absolute atomic E-state index is 0.0209. The molecule has 4 heteroatoms. The predicted octanol–water partition coefficient (Wildman–Crippen LogP) is 4.65. The third-order valence-corrected chi connectivity index (χ3v) is 4.39. The Kier molecular flexibility index (Phi) is 6.39. The van der Waals surface area contributed by atoms with E-state index < -0.39 is 0 Å². The van der Waals surface area contributed by atoms with Gasteiger partial charge in [0.15, 0.2) is 0 Å². The van der Waals surface area contributed by atoms with Gasteiger partial charge >= 0.3 is 6.03 Å². The zero-order valence-corrected chi connectivity index (χ0v) is 14.2. The molecule has 1 amide bonds. The minimum atomic E-state index is 0.0209. The summed E-state index contributed by atoms with van der Waals surface area (Å²) in [5, 5.41) is 0. The Bertz CT molecular complexity index is 592. The molecule has 4 nitrogen and oxygen atoms in total. The monoisotopic (exact) mass is 313 g/mol. The quantitative estimate of drug-likeness (QED) is 0.742. The molecule has 1 aromatic heterocycles. The molecule has 1 fully saturated rings. The van der Waals surface area contributed by atoms with Crippen molar-refractivity contribution in [3.8, 4) is 0 Å². The minimum Gasteiger partial charge on any atom is -0.321 e. The second-order valence-corrected chi connectivity index (χ2v) is 5.88. The molecular formula is C19H27N3O. The number of nitrogens with zero attached hydrogens (tertiary/aromatic N) is 3. The van der Waals surface area contributed by atoms with Gasteiger partial charge in [-0.2, -0.15) is 0 Å². The van der Waals surface area contributed by atoms with Crippen LogP contribution in [-0.4, -0.2) is 33.1 Å². The van der Waals surface area contributed by atoms with Crippen molar-refractivity contribution in [1.29, 1.82) is 0 Å². The number of rotatable bonds is 5.